The van der Waals surface area contributed by atoms with Crippen LogP contribution in [0.25, 0.3) is 5.95 Å². The number of hydrogen-bond donors (Lipinski definition) is 2. The van der Waals surface area contributed by atoms with E-state index in [-0.39, 0.29) is 11.9 Å². The normalized spacial score (nSPS) is 15.8. The minimum atomic E-state index is 0.0195. The summed E-state index contributed by atoms with van der Waals surface area (Å²) >= 11 is 0. The molecule has 1 aliphatic heterocycles. The topological polar surface area (TPSA) is 128 Å². The van der Waals surface area contributed by atoms with Crippen LogP contribution in [0, 0.1) is 0 Å². The minimum absolute atomic E-state index is 0.0195. The first-order valence-electron chi connectivity index (χ1n) is 6.10. The van der Waals surface area contributed by atoms with Crippen LogP contribution in [0.2, 0.25) is 0 Å². The highest BCUT2D eigenvalue weighted by Gasteiger charge is 2.18. The lowest BCUT2D eigenvalue weighted by molar-refractivity contribution is -0.120. The summed E-state index contributed by atoms with van der Waals surface area (Å²) < 4.78 is 1.41. The van der Waals surface area contributed by atoms with Crippen molar-refractivity contribution in [3.8, 4) is 5.95 Å². The van der Waals surface area contributed by atoms with Crippen molar-refractivity contribution in [2.75, 3.05) is 30.3 Å². The number of carbonyl (C=O) groups excluding carboxylic acids is 1. The fourth-order valence-electron chi connectivity index (χ4n) is 1.89. The van der Waals surface area contributed by atoms with Crippen molar-refractivity contribution in [1.82, 2.24) is 35.0 Å². The van der Waals surface area contributed by atoms with Gasteiger partial charge in [-0.2, -0.15) is 24.7 Å². The average molecular weight is 275 g/mol. The van der Waals surface area contributed by atoms with Crippen LogP contribution < -0.4 is 16.0 Å². The molecule has 104 valence electrons. The summed E-state index contributed by atoms with van der Waals surface area (Å²) in [7, 11) is 0. The Balaban J connectivity index is 1.91. The standard InChI is InChI=1S/C10H13N9O/c11-8-15-9(18-3-1-7(20)13-2-4-18)17-10(16-8)19-6-12-5-14-19/h5-6H,1-4H2,(H,13,20)(H2,11,15,16,17). The third-order valence-corrected chi connectivity index (χ3v) is 2.85. The van der Waals surface area contributed by atoms with E-state index in [0.29, 0.717) is 38.0 Å². The number of anilines is 2. The monoisotopic (exact) mass is 275 g/mol. The molecule has 3 N–H and O–H groups in total. The number of nitrogens with zero attached hydrogens (tertiary/aromatic N) is 7. The molecular weight excluding hydrogens is 262 g/mol. The maximum Gasteiger partial charge on any atom is 0.258 e. The average Bonchev–Trinajstić information content (AvgIpc) is 2.88. The number of nitrogen functional groups attached to an aromatic ring is 1. The zero-order valence-corrected chi connectivity index (χ0v) is 10.6. The summed E-state index contributed by atoms with van der Waals surface area (Å²) in [5.74, 6) is 0.850. The molecule has 0 saturated carbocycles. The Bertz CT molecular complexity index is 611. The number of nitrogens with two attached hydrogens (primary N) is 1. The molecule has 1 saturated heterocycles. The van der Waals surface area contributed by atoms with Gasteiger partial charge in [0.05, 0.1) is 0 Å². The Labute approximate surface area is 114 Å². The number of carbonyl (C=O) groups is 1. The lowest BCUT2D eigenvalue weighted by atomic mass is 10.4. The van der Waals surface area contributed by atoms with E-state index in [9.17, 15) is 4.79 Å². The van der Waals surface area contributed by atoms with Crippen LogP contribution >= 0.6 is 0 Å². The van der Waals surface area contributed by atoms with Gasteiger partial charge < -0.3 is 16.0 Å². The smallest absolute Gasteiger partial charge is 0.258 e. The SMILES string of the molecule is Nc1nc(N2CCNC(=O)CC2)nc(-n2cncn2)n1. The van der Waals surface area contributed by atoms with Crippen molar-refractivity contribution in [2.24, 2.45) is 0 Å². The summed E-state index contributed by atoms with van der Waals surface area (Å²) in [6.07, 6.45) is 3.25. The van der Waals surface area contributed by atoms with E-state index in [0.717, 1.165) is 0 Å². The number of hydrogen-bond acceptors (Lipinski definition) is 8. The summed E-state index contributed by atoms with van der Waals surface area (Å²) in [6, 6.07) is 0. The maximum absolute atomic E-state index is 11.3. The third-order valence-electron chi connectivity index (χ3n) is 2.85. The van der Waals surface area contributed by atoms with Crippen molar-refractivity contribution in [3.05, 3.63) is 12.7 Å². The van der Waals surface area contributed by atoms with Crippen molar-refractivity contribution in [3.63, 3.8) is 0 Å². The van der Waals surface area contributed by atoms with E-state index in [1.54, 1.807) is 0 Å². The second-order valence-electron chi connectivity index (χ2n) is 4.22. The molecule has 1 fully saturated rings. The van der Waals surface area contributed by atoms with Crippen molar-refractivity contribution >= 4 is 17.8 Å². The van der Waals surface area contributed by atoms with Crippen molar-refractivity contribution in [1.29, 1.82) is 0 Å². The van der Waals surface area contributed by atoms with Crippen molar-refractivity contribution < 1.29 is 4.79 Å². The third kappa shape index (κ3) is 2.48. The van der Waals surface area contributed by atoms with E-state index in [1.807, 2.05) is 4.90 Å². The van der Waals surface area contributed by atoms with Gasteiger partial charge in [-0.3, -0.25) is 4.79 Å². The Hall–Kier alpha value is -2.78. The van der Waals surface area contributed by atoms with Crippen LogP contribution in [-0.2, 0) is 4.79 Å². The molecule has 20 heavy (non-hydrogen) atoms. The molecule has 0 atom stereocenters. The number of rotatable bonds is 2. The van der Waals surface area contributed by atoms with E-state index in [1.165, 1.54) is 17.3 Å². The van der Waals surface area contributed by atoms with Gasteiger partial charge in [0, 0.05) is 26.1 Å². The molecule has 0 unspecified atom stereocenters. The molecule has 3 rings (SSSR count). The Morgan fingerprint density at radius 3 is 2.85 bits per heavy atom. The Morgan fingerprint density at radius 1 is 1.20 bits per heavy atom. The minimum Gasteiger partial charge on any atom is -0.368 e. The number of amides is 1. The fourth-order valence-corrected chi connectivity index (χ4v) is 1.89. The van der Waals surface area contributed by atoms with Crippen LogP contribution in [-0.4, -0.2) is 55.3 Å². The van der Waals surface area contributed by atoms with Gasteiger partial charge in [-0.1, -0.05) is 0 Å². The summed E-state index contributed by atoms with van der Waals surface area (Å²) in [6.45, 7) is 1.70. The largest absolute Gasteiger partial charge is 0.368 e. The second kappa shape index (κ2) is 5.07. The molecule has 1 amide bonds. The van der Waals surface area contributed by atoms with Crippen LogP contribution in [0.4, 0.5) is 11.9 Å². The predicted octanol–water partition coefficient (Wildman–Crippen LogP) is -1.64. The van der Waals surface area contributed by atoms with E-state index in [4.69, 9.17) is 5.73 Å². The van der Waals surface area contributed by atoms with Crippen molar-refractivity contribution in [2.45, 2.75) is 6.42 Å². The van der Waals surface area contributed by atoms with Gasteiger partial charge in [0.25, 0.3) is 5.95 Å². The Morgan fingerprint density at radius 2 is 2.05 bits per heavy atom. The molecule has 0 aliphatic carbocycles. The summed E-state index contributed by atoms with van der Waals surface area (Å²) in [4.78, 5) is 29.5. The van der Waals surface area contributed by atoms with E-state index >= 15 is 0 Å². The zero-order valence-electron chi connectivity index (χ0n) is 10.6. The van der Waals surface area contributed by atoms with Gasteiger partial charge in [-0.05, 0) is 0 Å². The Kier molecular flexibility index (Phi) is 3.11. The molecule has 1 aliphatic rings. The highest BCUT2D eigenvalue weighted by Crippen LogP contribution is 2.12. The highest BCUT2D eigenvalue weighted by atomic mass is 16.1. The molecule has 3 heterocycles. The van der Waals surface area contributed by atoms with Crippen LogP contribution in [0.3, 0.4) is 0 Å². The van der Waals surface area contributed by atoms with Gasteiger partial charge in [-0.25, -0.2) is 4.98 Å². The second-order valence-corrected chi connectivity index (χ2v) is 4.22. The molecule has 2 aromatic heterocycles. The van der Waals surface area contributed by atoms with Gasteiger partial charge >= 0.3 is 0 Å². The van der Waals surface area contributed by atoms with Gasteiger partial charge in [0.2, 0.25) is 17.8 Å². The molecule has 2 aromatic rings. The summed E-state index contributed by atoms with van der Waals surface area (Å²) in [5, 5.41) is 6.75. The van der Waals surface area contributed by atoms with Crippen LogP contribution in [0.1, 0.15) is 6.42 Å². The zero-order chi connectivity index (χ0) is 13.9. The maximum atomic E-state index is 11.3. The van der Waals surface area contributed by atoms with Gasteiger partial charge in [0.15, 0.2) is 0 Å². The molecule has 0 spiro atoms. The van der Waals surface area contributed by atoms with Gasteiger partial charge in [0.1, 0.15) is 12.7 Å². The summed E-state index contributed by atoms with van der Waals surface area (Å²) in [5.41, 5.74) is 5.71. The lowest BCUT2D eigenvalue weighted by Crippen LogP contribution is -2.30. The van der Waals surface area contributed by atoms with Crippen LogP contribution in [0.15, 0.2) is 12.7 Å². The first-order valence-corrected chi connectivity index (χ1v) is 6.10. The number of aromatic nitrogens is 6. The molecular formula is C10H13N9O. The first-order chi connectivity index (χ1) is 9.72. The lowest BCUT2D eigenvalue weighted by Gasteiger charge is -2.19. The van der Waals surface area contributed by atoms with E-state index in [2.05, 4.69) is 30.4 Å². The fraction of sp³-hybridized carbons (Fsp3) is 0.400. The first kappa shape index (κ1) is 12.3. The highest BCUT2D eigenvalue weighted by molar-refractivity contribution is 5.77. The molecule has 0 bridgehead atoms. The number of nitrogens with one attached hydrogen (secondary N) is 1. The quantitative estimate of drug-likeness (QED) is 0.668. The molecule has 10 heteroatoms. The molecule has 0 radical (unpaired) electrons. The molecule has 10 nitrogen and oxygen atoms in total. The van der Waals surface area contributed by atoms with Gasteiger partial charge in [-0.15, -0.1) is 0 Å². The molecule has 0 aromatic carbocycles. The predicted molar refractivity (Wildman–Crippen MR) is 69.0 cm³/mol. The van der Waals surface area contributed by atoms with Crippen LogP contribution in [0.5, 0.6) is 0 Å². The van der Waals surface area contributed by atoms with E-state index < -0.39 is 0 Å².